The Morgan fingerprint density at radius 3 is 2.43 bits per heavy atom. The van der Waals surface area contributed by atoms with Gasteiger partial charge >= 0.3 is 0 Å². The molecule has 116 valence electrons. The van der Waals surface area contributed by atoms with E-state index in [2.05, 4.69) is 22.9 Å². The van der Waals surface area contributed by atoms with E-state index in [9.17, 15) is 4.79 Å². The molecule has 0 bridgehead atoms. The van der Waals surface area contributed by atoms with Crippen molar-refractivity contribution in [3.05, 3.63) is 35.4 Å². The second kappa shape index (κ2) is 7.54. The van der Waals surface area contributed by atoms with Crippen LogP contribution in [0.15, 0.2) is 24.3 Å². The van der Waals surface area contributed by atoms with Gasteiger partial charge < -0.3 is 15.5 Å². The van der Waals surface area contributed by atoms with Gasteiger partial charge in [0.15, 0.2) is 0 Å². The number of hydrogen-bond donors (Lipinski definition) is 1. The minimum Gasteiger partial charge on any atom is -0.339 e. The number of nitrogens with zero attached hydrogens (tertiary/aromatic N) is 3. The Balaban J connectivity index is 1.86. The second-order valence-electron chi connectivity index (χ2n) is 5.83. The summed E-state index contributed by atoms with van der Waals surface area (Å²) in [7, 11) is 4.08. The van der Waals surface area contributed by atoms with Crippen LogP contribution in [0.1, 0.15) is 11.1 Å². The summed E-state index contributed by atoms with van der Waals surface area (Å²) < 4.78 is 0. The van der Waals surface area contributed by atoms with Crippen molar-refractivity contribution in [2.75, 3.05) is 46.8 Å². The number of rotatable bonds is 5. The summed E-state index contributed by atoms with van der Waals surface area (Å²) in [5.74, 6) is 0.218. The Bertz CT molecular complexity index is 469. The number of carbonyl (C=O) groups excluding carboxylic acids is 1. The predicted octanol–water partition coefficient (Wildman–Crippen LogP) is 0.351. The van der Waals surface area contributed by atoms with Crippen molar-refractivity contribution in [1.82, 2.24) is 14.7 Å². The maximum atomic E-state index is 12.3. The van der Waals surface area contributed by atoms with Gasteiger partial charge in [-0.2, -0.15) is 0 Å². The molecule has 1 heterocycles. The molecule has 0 radical (unpaired) electrons. The van der Waals surface area contributed by atoms with Crippen LogP contribution in [-0.2, 0) is 17.9 Å². The van der Waals surface area contributed by atoms with Crippen LogP contribution >= 0.6 is 0 Å². The number of carbonyl (C=O) groups is 1. The monoisotopic (exact) mass is 290 g/mol. The third-order valence-corrected chi connectivity index (χ3v) is 4.04. The van der Waals surface area contributed by atoms with Gasteiger partial charge in [0, 0.05) is 39.3 Å². The van der Waals surface area contributed by atoms with Gasteiger partial charge in [-0.15, -0.1) is 0 Å². The molecule has 0 aromatic heterocycles. The lowest BCUT2D eigenvalue weighted by atomic mass is 10.1. The van der Waals surface area contributed by atoms with E-state index in [1.54, 1.807) is 0 Å². The van der Waals surface area contributed by atoms with Crippen LogP contribution in [-0.4, -0.2) is 67.4 Å². The third-order valence-electron chi connectivity index (χ3n) is 4.04. The molecule has 1 amide bonds. The highest BCUT2D eigenvalue weighted by Gasteiger charge is 2.20. The zero-order chi connectivity index (χ0) is 15.2. The number of hydrogen-bond acceptors (Lipinski definition) is 4. The fourth-order valence-corrected chi connectivity index (χ4v) is 2.64. The average Bonchev–Trinajstić information content (AvgIpc) is 2.48. The molecule has 1 fully saturated rings. The average molecular weight is 290 g/mol. The summed E-state index contributed by atoms with van der Waals surface area (Å²) >= 11 is 0. The number of nitrogens with two attached hydrogens (primary N) is 1. The van der Waals surface area contributed by atoms with E-state index in [0.717, 1.165) is 38.3 Å². The first-order chi connectivity index (χ1) is 10.1. The van der Waals surface area contributed by atoms with Gasteiger partial charge in [-0.1, -0.05) is 24.3 Å². The fourth-order valence-electron chi connectivity index (χ4n) is 2.64. The molecule has 0 spiro atoms. The van der Waals surface area contributed by atoms with Crippen molar-refractivity contribution < 1.29 is 4.79 Å². The Morgan fingerprint density at radius 1 is 1.19 bits per heavy atom. The van der Waals surface area contributed by atoms with E-state index in [0.29, 0.717) is 13.1 Å². The van der Waals surface area contributed by atoms with Crippen molar-refractivity contribution in [2.45, 2.75) is 13.1 Å². The minimum atomic E-state index is 0.218. The van der Waals surface area contributed by atoms with E-state index in [4.69, 9.17) is 5.73 Å². The quantitative estimate of drug-likeness (QED) is 0.850. The molecule has 1 aromatic carbocycles. The summed E-state index contributed by atoms with van der Waals surface area (Å²) in [6, 6.07) is 8.15. The molecule has 0 saturated carbocycles. The topological polar surface area (TPSA) is 52.8 Å². The summed E-state index contributed by atoms with van der Waals surface area (Å²) in [6.45, 7) is 5.36. The zero-order valence-corrected chi connectivity index (χ0v) is 13.1. The van der Waals surface area contributed by atoms with Crippen molar-refractivity contribution in [2.24, 2.45) is 5.73 Å². The number of amides is 1. The summed E-state index contributed by atoms with van der Waals surface area (Å²) in [4.78, 5) is 18.6. The van der Waals surface area contributed by atoms with E-state index >= 15 is 0 Å². The van der Waals surface area contributed by atoms with Crippen LogP contribution in [0, 0.1) is 0 Å². The Labute approximate surface area is 127 Å². The largest absolute Gasteiger partial charge is 0.339 e. The molecule has 0 aliphatic carbocycles. The first-order valence-electron chi connectivity index (χ1n) is 7.52. The lowest BCUT2D eigenvalue weighted by molar-refractivity contribution is -0.133. The molecule has 1 aliphatic rings. The van der Waals surface area contributed by atoms with Crippen LogP contribution in [0.3, 0.4) is 0 Å². The van der Waals surface area contributed by atoms with Gasteiger partial charge in [-0.3, -0.25) is 9.69 Å². The summed E-state index contributed by atoms with van der Waals surface area (Å²) in [5.41, 5.74) is 8.11. The number of piperazine rings is 1. The zero-order valence-electron chi connectivity index (χ0n) is 13.1. The summed E-state index contributed by atoms with van der Waals surface area (Å²) in [5, 5.41) is 0. The first kappa shape index (κ1) is 15.9. The van der Waals surface area contributed by atoms with Gasteiger partial charge in [-0.05, 0) is 25.2 Å². The van der Waals surface area contributed by atoms with E-state index < -0.39 is 0 Å². The van der Waals surface area contributed by atoms with Crippen LogP contribution in [0.5, 0.6) is 0 Å². The SMILES string of the molecule is CN1CCN(C(=O)CN(C)Cc2ccccc2CN)CC1. The number of likely N-dealkylation sites (N-methyl/N-ethyl adjacent to an activating group) is 2. The molecule has 5 nitrogen and oxygen atoms in total. The molecule has 21 heavy (non-hydrogen) atoms. The van der Waals surface area contributed by atoms with Gasteiger partial charge in [0.25, 0.3) is 0 Å². The molecule has 5 heteroatoms. The highest BCUT2D eigenvalue weighted by molar-refractivity contribution is 5.78. The van der Waals surface area contributed by atoms with Gasteiger partial charge in [0.05, 0.1) is 6.54 Å². The highest BCUT2D eigenvalue weighted by atomic mass is 16.2. The Hall–Kier alpha value is -1.43. The second-order valence-corrected chi connectivity index (χ2v) is 5.83. The molecule has 1 aromatic rings. The van der Waals surface area contributed by atoms with E-state index in [1.165, 1.54) is 5.56 Å². The van der Waals surface area contributed by atoms with Crippen LogP contribution in [0.25, 0.3) is 0 Å². The number of benzene rings is 1. The molecule has 2 N–H and O–H groups in total. The molecule has 2 rings (SSSR count). The van der Waals surface area contributed by atoms with Crippen molar-refractivity contribution in [3.8, 4) is 0 Å². The Morgan fingerprint density at radius 2 is 1.81 bits per heavy atom. The molecule has 0 atom stereocenters. The van der Waals surface area contributed by atoms with Crippen molar-refractivity contribution in [1.29, 1.82) is 0 Å². The summed E-state index contributed by atoms with van der Waals surface area (Å²) in [6.07, 6.45) is 0. The smallest absolute Gasteiger partial charge is 0.236 e. The van der Waals surface area contributed by atoms with Crippen molar-refractivity contribution in [3.63, 3.8) is 0 Å². The standard InChI is InChI=1S/C16H26N4O/c1-18-7-9-20(10-8-18)16(21)13-19(2)12-15-6-4-3-5-14(15)11-17/h3-6H,7-13,17H2,1-2H3. The van der Waals surface area contributed by atoms with Crippen LogP contribution in [0.4, 0.5) is 0 Å². The molecular weight excluding hydrogens is 264 g/mol. The lowest BCUT2D eigenvalue weighted by Crippen LogP contribution is -2.49. The predicted molar refractivity (Wildman–Crippen MR) is 84.7 cm³/mol. The van der Waals surface area contributed by atoms with Crippen LogP contribution in [0.2, 0.25) is 0 Å². The van der Waals surface area contributed by atoms with E-state index in [-0.39, 0.29) is 5.91 Å². The lowest BCUT2D eigenvalue weighted by Gasteiger charge is -2.33. The van der Waals surface area contributed by atoms with Crippen LogP contribution < -0.4 is 5.73 Å². The molecular formula is C16H26N4O. The van der Waals surface area contributed by atoms with E-state index in [1.807, 2.05) is 30.1 Å². The van der Waals surface area contributed by atoms with Gasteiger partial charge in [0.1, 0.15) is 0 Å². The molecule has 0 unspecified atom stereocenters. The minimum absolute atomic E-state index is 0.218. The van der Waals surface area contributed by atoms with Crippen molar-refractivity contribution >= 4 is 5.91 Å². The fraction of sp³-hybridized carbons (Fsp3) is 0.562. The molecule has 1 saturated heterocycles. The first-order valence-corrected chi connectivity index (χ1v) is 7.52. The third kappa shape index (κ3) is 4.52. The normalized spacial score (nSPS) is 16.5. The highest BCUT2D eigenvalue weighted by Crippen LogP contribution is 2.10. The maximum Gasteiger partial charge on any atom is 0.236 e. The van der Waals surface area contributed by atoms with Gasteiger partial charge in [0.2, 0.25) is 5.91 Å². The molecule has 1 aliphatic heterocycles. The maximum absolute atomic E-state index is 12.3. The van der Waals surface area contributed by atoms with Gasteiger partial charge in [-0.25, -0.2) is 0 Å². The Kier molecular flexibility index (Phi) is 5.73.